The van der Waals surface area contributed by atoms with E-state index in [0.29, 0.717) is 45.2 Å². The first-order valence-electron chi connectivity index (χ1n) is 11.3. The van der Waals surface area contributed by atoms with Gasteiger partial charge in [0.05, 0.1) is 0 Å². The number of nitrogens with one attached hydrogen (secondary N) is 4. The van der Waals surface area contributed by atoms with Crippen molar-refractivity contribution in [1.82, 2.24) is 26.3 Å². The molecule has 7 N–H and O–H groups in total. The second-order valence-corrected chi connectivity index (χ2v) is 8.40. The number of carboxylic acids is 1. The Morgan fingerprint density at radius 2 is 2.06 bits per heavy atom. The molecule has 0 aromatic carbocycles. The standard InChI is InChI=1S/C21H34N6O6/c1-12(2)16-19-24-15(11-33-19)17(28)23-10-6-4-7-13(18(29)27-16)25-21(32)26-14(20(30)31)8-3-5-9-22/h11-14,16H,3-10,22H2,1-2H3,(H,23,28)(H,27,29)(H,30,31)(H2,25,26,32)/t13-,14+,16+/m1/s1. The van der Waals surface area contributed by atoms with E-state index in [1.54, 1.807) is 0 Å². The molecule has 0 spiro atoms. The Morgan fingerprint density at radius 3 is 2.73 bits per heavy atom. The molecule has 0 saturated carbocycles. The van der Waals surface area contributed by atoms with Crippen LogP contribution in [0.3, 0.4) is 0 Å². The molecule has 12 heteroatoms. The SMILES string of the molecule is CC(C)[C@@H]1NC(=O)[C@H](NC(=O)N[C@@H](CCCCN)C(=O)O)CCCCNC(=O)c2coc1n2. The number of rotatable bonds is 8. The van der Waals surface area contributed by atoms with Crippen molar-refractivity contribution in [2.24, 2.45) is 11.7 Å². The number of nitrogens with zero attached hydrogens (tertiary/aromatic N) is 1. The molecule has 184 valence electrons. The van der Waals surface area contributed by atoms with E-state index >= 15 is 0 Å². The van der Waals surface area contributed by atoms with Gasteiger partial charge in [-0.15, -0.1) is 0 Å². The summed E-state index contributed by atoms with van der Waals surface area (Å²) in [5, 5.41) is 20.0. The lowest BCUT2D eigenvalue weighted by Crippen LogP contribution is -2.54. The number of aromatic nitrogens is 1. The van der Waals surface area contributed by atoms with Gasteiger partial charge >= 0.3 is 12.0 Å². The van der Waals surface area contributed by atoms with Crippen LogP contribution < -0.4 is 27.0 Å². The molecule has 1 aromatic heterocycles. The van der Waals surface area contributed by atoms with Crippen LogP contribution in [0.4, 0.5) is 4.79 Å². The topological polar surface area (TPSA) is 189 Å². The largest absolute Gasteiger partial charge is 0.480 e. The molecule has 1 aliphatic rings. The maximum Gasteiger partial charge on any atom is 0.326 e. The second kappa shape index (κ2) is 12.8. The second-order valence-electron chi connectivity index (χ2n) is 8.40. The van der Waals surface area contributed by atoms with Gasteiger partial charge in [-0.2, -0.15) is 0 Å². The van der Waals surface area contributed by atoms with Gasteiger partial charge in [0.2, 0.25) is 11.8 Å². The number of carboxylic acid groups (broad SMARTS) is 1. The molecular formula is C21H34N6O6. The number of nitrogens with two attached hydrogens (primary N) is 1. The molecule has 2 heterocycles. The van der Waals surface area contributed by atoms with E-state index in [1.165, 1.54) is 6.26 Å². The third kappa shape index (κ3) is 8.04. The predicted octanol–water partition coefficient (Wildman–Crippen LogP) is 0.652. The van der Waals surface area contributed by atoms with Crippen molar-refractivity contribution in [3.63, 3.8) is 0 Å². The summed E-state index contributed by atoms with van der Waals surface area (Å²) < 4.78 is 5.43. The molecule has 0 unspecified atom stereocenters. The van der Waals surface area contributed by atoms with Crippen LogP contribution >= 0.6 is 0 Å². The van der Waals surface area contributed by atoms with Crippen LogP contribution in [0.2, 0.25) is 0 Å². The monoisotopic (exact) mass is 466 g/mol. The fourth-order valence-electron chi connectivity index (χ4n) is 3.45. The Balaban J connectivity index is 2.12. The first-order chi connectivity index (χ1) is 15.7. The highest BCUT2D eigenvalue weighted by atomic mass is 16.4. The molecule has 2 rings (SSSR count). The van der Waals surface area contributed by atoms with Crippen molar-refractivity contribution in [2.75, 3.05) is 13.1 Å². The lowest BCUT2D eigenvalue weighted by Gasteiger charge is -2.24. The van der Waals surface area contributed by atoms with E-state index in [1.807, 2.05) is 13.8 Å². The Hall–Kier alpha value is -3.15. The summed E-state index contributed by atoms with van der Waals surface area (Å²) in [7, 11) is 0. The molecule has 0 fully saturated rings. The highest BCUT2D eigenvalue weighted by Gasteiger charge is 2.30. The zero-order chi connectivity index (χ0) is 24.4. The van der Waals surface area contributed by atoms with Crippen molar-refractivity contribution < 1.29 is 28.7 Å². The molecular weight excluding hydrogens is 432 g/mol. The third-order valence-electron chi connectivity index (χ3n) is 5.36. The van der Waals surface area contributed by atoms with Gasteiger partial charge in [-0.1, -0.05) is 13.8 Å². The Kier molecular flexibility index (Phi) is 10.1. The molecule has 1 aromatic rings. The molecule has 3 atom stereocenters. The summed E-state index contributed by atoms with van der Waals surface area (Å²) in [6.45, 7) is 4.53. The number of carbonyl (C=O) groups is 4. The van der Waals surface area contributed by atoms with Crippen LogP contribution in [-0.2, 0) is 9.59 Å². The minimum atomic E-state index is -1.16. The Bertz CT molecular complexity index is 826. The fourth-order valence-corrected chi connectivity index (χ4v) is 3.45. The molecule has 0 radical (unpaired) electrons. The van der Waals surface area contributed by atoms with Gasteiger partial charge in [0.15, 0.2) is 5.69 Å². The minimum Gasteiger partial charge on any atom is -0.480 e. The van der Waals surface area contributed by atoms with Gasteiger partial charge < -0.3 is 36.5 Å². The van der Waals surface area contributed by atoms with Gasteiger partial charge in [-0.05, 0) is 51.0 Å². The molecule has 1 aliphatic heterocycles. The van der Waals surface area contributed by atoms with Crippen LogP contribution in [0.15, 0.2) is 10.7 Å². The van der Waals surface area contributed by atoms with Crippen LogP contribution in [0.25, 0.3) is 0 Å². The number of hydrogen-bond acceptors (Lipinski definition) is 7. The summed E-state index contributed by atoms with van der Waals surface area (Å²) in [5.41, 5.74) is 5.57. The normalized spacial score (nSPS) is 20.5. The summed E-state index contributed by atoms with van der Waals surface area (Å²) in [6, 6.07) is -3.35. The highest BCUT2D eigenvalue weighted by Crippen LogP contribution is 2.22. The number of carbonyl (C=O) groups excluding carboxylic acids is 3. The van der Waals surface area contributed by atoms with Gasteiger partial charge in [0, 0.05) is 6.54 Å². The van der Waals surface area contributed by atoms with E-state index < -0.39 is 36.0 Å². The van der Waals surface area contributed by atoms with E-state index in [-0.39, 0.29) is 29.8 Å². The van der Waals surface area contributed by atoms with Crippen molar-refractivity contribution in [3.8, 4) is 0 Å². The number of oxazole rings is 1. The van der Waals surface area contributed by atoms with E-state index in [9.17, 15) is 24.3 Å². The van der Waals surface area contributed by atoms with Crippen molar-refractivity contribution >= 4 is 23.8 Å². The average Bonchev–Trinajstić information content (AvgIpc) is 3.24. The van der Waals surface area contributed by atoms with E-state index in [2.05, 4.69) is 26.3 Å². The first kappa shape index (κ1) is 26.1. The smallest absolute Gasteiger partial charge is 0.326 e. The zero-order valence-corrected chi connectivity index (χ0v) is 19.1. The maximum absolute atomic E-state index is 13.0. The number of unbranched alkanes of at least 4 members (excludes halogenated alkanes) is 1. The maximum atomic E-state index is 13.0. The lowest BCUT2D eigenvalue weighted by atomic mass is 10.0. The van der Waals surface area contributed by atoms with Crippen LogP contribution in [-0.4, -0.2) is 59.1 Å². The Morgan fingerprint density at radius 1 is 1.30 bits per heavy atom. The third-order valence-corrected chi connectivity index (χ3v) is 5.36. The van der Waals surface area contributed by atoms with Crippen LogP contribution in [0.1, 0.15) is 74.8 Å². The van der Waals surface area contributed by atoms with Gasteiger partial charge in [0.1, 0.15) is 24.4 Å². The lowest BCUT2D eigenvalue weighted by molar-refractivity contribution is -0.139. The molecule has 0 aliphatic carbocycles. The molecule has 12 nitrogen and oxygen atoms in total. The highest BCUT2D eigenvalue weighted by molar-refractivity contribution is 5.92. The van der Waals surface area contributed by atoms with Crippen molar-refractivity contribution in [2.45, 2.75) is 70.5 Å². The number of aliphatic carboxylic acids is 1. The summed E-state index contributed by atoms with van der Waals surface area (Å²) >= 11 is 0. The quantitative estimate of drug-likeness (QED) is 0.301. The zero-order valence-electron chi connectivity index (χ0n) is 19.1. The number of urea groups is 1. The van der Waals surface area contributed by atoms with Crippen molar-refractivity contribution in [1.29, 1.82) is 0 Å². The van der Waals surface area contributed by atoms with Crippen LogP contribution in [0, 0.1) is 5.92 Å². The number of amides is 4. The Labute approximate surface area is 192 Å². The van der Waals surface area contributed by atoms with Crippen LogP contribution in [0.5, 0.6) is 0 Å². The predicted molar refractivity (Wildman–Crippen MR) is 118 cm³/mol. The molecule has 4 amide bonds. The number of fused-ring (bicyclic) bond motifs is 2. The average molecular weight is 467 g/mol. The molecule has 33 heavy (non-hydrogen) atoms. The summed E-state index contributed by atoms with van der Waals surface area (Å²) in [6.07, 6.45) is 4.11. The van der Waals surface area contributed by atoms with Gasteiger partial charge in [-0.25, -0.2) is 14.6 Å². The summed E-state index contributed by atoms with van der Waals surface area (Å²) in [5.74, 6) is -1.88. The van der Waals surface area contributed by atoms with Crippen molar-refractivity contribution in [3.05, 3.63) is 17.8 Å². The first-order valence-corrected chi connectivity index (χ1v) is 11.3. The molecule has 2 bridgehead atoms. The van der Waals surface area contributed by atoms with Gasteiger partial charge in [0.25, 0.3) is 5.91 Å². The minimum absolute atomic E-state index is 0.109. The van der Waals surface area contributed by atoms with E-state index in [0.717, 1.165) is 0 Å². The number of hydrogen-bond donors (Lipinski definition) is 6. The fraction of sp³-hybridized carbons (Fsp3) is 0.667. The van der Waals surface area contributed by atoms with Gasteiger partial charge in [-0.3, -0.25) is 9.59 Å². The van der Waals surface area contributed by atoms with E-state index in [4.69, 9.17) is 10.2 Å². The molecule has 0 saturated heterocycles. The summed E-state index contributed by atoms with van der Waals surface area (Å²) in [4.78, 5) is 53.4.